The maximum atomic E-state index is 12.2. The second-order valence-electron chi connectivity index (χ2n) is 8.08. The number of hydrogen-bond acceptors (Lipinski definition) is 4. The van der Waals surface area contributed by atoms with Crippen molar-refractivity contribution in [3.63, 3.8) is 0 Å². The highest BCUT2D eigenvalue weighted by atomic mass is 32.2. The summed E-state index contributed by atoms with van der Waals surface area (Å²) in [5.74, 6) is 0.874. The van der Waals surface area contributed by atoms with Crippen LogP contribution in [0.5, 0.6) is 0 Å². The lowest BCUT2D eigenvalue weighted by Gasteiger charge is -2.45. The van der Waals surface area contributed by atoms with Crippen LogP contribution in [0.25, 0.3) is 10.9 Å². The van der Waals surface area contributed by atoms with Crippen LogP contribution in [0, 0.1) is 5.92 Å². The number of thioether (sulfide) groups is 1. The van der Waals surface area contributed by atoms with Gasteiger partial charge in [-0.3, -0.25) is 0 Å². The molecule has 0 saturated carbocycles. The Bertz CT molecular complexity index is 861. The van der Waals surface area contributed by atoms with E-state index in [0.717, 1.165) is 19.4 Å². The molecule has 1 N–H and O–H groups in total. The number of carbonyl (C=O) groups is 1. The van der Waals surface area contributed by atoms with Crippen molar-refractivity contribution in [3.8, 4) is 0 Å². The summed E-state index contributed by atoms with van der Waals surface area (Å²) in [5.41, 5.74) is 4.21. The predicted molar refractivity (Wildman–Crippen MR) is 115 cm³/mol. The first-order chi connectivity index (χ1) is 13.6. The SMILES string of the molecule is CCN(CC)C(=O)OCC1C[C@@H]2c3cccc4[nH]c(SC)c(c34)C[C@H]2N(C)C1. The third kappa shape index (κ3) is 3.30. The second-order valence-corrected chi connectivity index (χ2v) is 8.89. The molecule has 1 unspecified atom stereocenters. The number of H-pyrrole nitrogens is 1. The number of aromatic nitrogens is 1. The maximum Gasteiger partial charge on any atom is 0.409 e. The van der Waals surface area contributed by atoms with Crippen molar-refractivity contribution >= 4 is 28.8 Å². The van der Waals surface area contributed by atoms with E-state index in [9.17, 15) is 4.79 Å². The first-order valence-electron chi connectivity index (χ1n) is 10.4. The fourth-order valence-corrected chi connectivity index (χ4v) is 5.81. The molecule has 1 fully saturated rings. The number of fused-ring (bicyclic) bond motifs is 2. The molecule has 2 aliphatic rings. The van der Waals surface area contributed by atoms with Crippen LogP contribution in [0.2, 0.25) is 0 Å². The standard InChI is InChI=1S/C22H31N3O2S/c1-5-25(6-2)22(26)27-13-14-10-16-15-8-7-9-18-20(15)17(21(23-18)28-4)11-19(16)24(3)12-14/h7-9,14,16,19,23H,5-6,10-13H2,1-4H3/t14?,16-,19-/m1/s1. The van der Waals surface area contributed by atoms with Crippen molar-refractivity contribution in [3.05, 3.63) is 29.3 Å². The predicted octanol–water partition coefficient (Wildman–Crippen LogP) is 4.33. The third-order valence-electron chi connectivity index (χ3n) is 6.57. The number of rotatable bonds is 5. The molecule has 0 bridgehead atoms. The summed E-state index contributed by atoms with van der Waals surface area (Å²) in [6, 6.07) is 7.19. The van der Waals surface area contributed by atoms with Crippen molar-refractivity contribution in [2.24, 2.45) is 5.92 Å². The van der Waals surface area contributed by atoms with E-state index in [0.29, 0.717) is 37.6 Å². The molecule has 6 heteroatoms. The van der Waals surface area contributed by atoms with E-state index in [-0.39, 0.29) is 6.09 Å². The van der Waals surface area contributed by atoms with E-state index >= 15 is 0 Å². The molecule has 3 atom stereocenters. The molecular formula is C22H31N3O2S. The van der Waals surface area contributed by atoms with Crippen LogP contribution in [0.4, 0.5) is 4.79 Å². The Morgan fingerprint density at radius 1 is 1.36 bits per heavy atom. The lowest BCUT2D eigenvalue weighted by Crippen LogP contribution is -2.49. The molecule has 2 aromatic rings. The molecule has 1 aliphatic carbocycles. The Labute approximate surface area is 171 Å². The van der Waals surface area contributed by atoms with E-state index in [1.54, 1.807) is 4.90 Å². The molecule has 152 valence electrons. The minimum absolute atomic E-state index is 0.182. The van der Waals surface area contributed by atoms with Gasteiger partial charge < -0.3 is 19.5 Å². The average molecular weight is 402 g/mol. The van der Waals surface area contributed by atoms with Gasteiger partial charge in [0, 0.05) is 48.4 Å². The van der Waals surface area contributed by atoms with E-state index < -0.39 is 0 Å². The van der Waals surface area contributed by atoms with Crippen molar-refractivity contribution in [2.45, 2.75) is 43.7 Å². The van der Waals surface area contributed by atoms with Gasteiger partial charge in [-0.1, -0.05) is 12.1 Å². The molecular weight excluding hydrogens is 370 g/mol. The van der Waals surface area contributed by atoms with Gasteiger partial charge in [0.1, 0.15) is 0 Å². The zero-order valence-electron chi connectivity index (χ0n) is 17.3. The van der Waals surface area contributed by atoms with Crippen LogP contribution in [-0.2, 0) is 11.2 Å². The Hall–Kier alpha value is -1.66. The molecule has 28 heavy (non-hydrogen) atoms. The van der Waals surface area contributed by atoms with Crippen molar-refractivity contribution in [2.75, 3.05) is 39.5 Å². The summed E-state index contributed by atoms with van der Waals surface area (Å²) in [5, 5.41) is 2.74. The molecule has 0 radical (unpaired) electrons. The lowest BCUT2D eigenvalue weighted by atomic mass is 9.72. The van der Waals surface area contributed by atoms with Crippen LogP contribution in [0.3, 0.4) is 0 Å². The summed E-state index contributed by atoms with van der Waals surface area (Å²) in [4.78, 5) is 20.1. The van der Waals surface area contributed by atoms with E-state index in [4.69, 9.17) is 4.74 Å². The topological polar surface area (TPSA) is 48.6 Å². The van der Waals surface area contributed by atoms with Gasteiger partial charge in [-0.2, -0.15) is 0 Å². The number of benzene rings is 1. The fraction of sp³-hybridized carbons (Fsp3) is 0.591. The number of aromatic amines is 1. The van der Waals surface area contributed by atoms with Crippen molar-refractivity contribution < 1.29 is 9.53 Å². The molecule has 5 nitrogen and oxygen atoms in total. The summed E-state index contributed by atoms with van der Waals surface area (Å²) in [6.07, 6.45) is 4.15. The Kier molecular flexibility index (Phi) is 5.61. The minimum atomic E-state index is -0.182. The number of nitrogens with zero attached hydrogens (tertiary/aromatic N) is 2. The summed E-state index contributed by atoms with van der Waals surface area (Å²) in [7, 11) is 2.23. The van der Waals surface area contributed by atoms with Crippen LogP contribution in [0.1, 0.15) is 37.3 Å². The lowest BCUT2D eigenvalue weighted by molar-refractivity contribution is 0.0482. The molecule has 1 aromatic carbocycles. The Morgan fingerprint density at radius 2 is 2.14 bits per heavy atom. The zero-order valence-corrected chi connectivity index (χ0v) is 18.1. The van der Waals surface area contributed by atoms with E-state index in [1.165, 1.54) is 27.1 Å². The number of carbonyl (C=O) groups excluding carboxylic acids is 1. The molecule has 1 aliphatic heterocycles. The van der Waals surface area contributed by atoms with Gasteiger partial charge in [-0.05, 0) is 57.2 Å². The summed E-state index contributed by atoms with van der Waals surface area (Å²) >= 11 is 1.81. The molecule has 1 amide bonds. The normalized spacial score (nSPS) is 24.2. The second kappa shape index (κ2) is 7.99. The quantitative estimate of drug-likeness (QED) is 0.758. The minimum Gasteiger partial charge on any atom is -0.449 e. The van der Waals surface area contributed by atoms with Gasteiger partial charge in [0.25, 0.3) is 0 Å². The number of nitrogens with one attached hydrogen (secondary N) is 1. The zero-order chi connectivity index (χ0) is 19.8. The summed E-state index contributed by atoms with van der Waals surface area (Å²) in [6.45, 7) is 6.86. The molecule has 0 spiro atoms. The van der Waals surface area contributed by atoms with Gasteiger partial charge in [0.2, 0.25) is 0 Å². The molecule has 2 heterocycles. The van der Waals surface area contributed by atoms with Gasteiger partial charge >= 0.3 is 6.09 Å². The smallest absolute Gasteiger partial charge is 0.409 e. The van der Waals surface area contributed by atoms with Crippen molar-refractivity contribution in [1.29, 1.82) is 0 Å². The highest BCUT2D eigenvalue weighted by Gasteiger charge is 2.40. The molecule has 1 saturated heterocycles. The summed E-state index contributed by atoms with van der Waals surface area (Å²) < 4.78 is 5.67. The van der Waals surface area contributed by atoms with Crippen LogP contribution in [0.15, 0.2) is 23.2 Å². The van der Waals surface area contributed by atoms with Gasteiger partial charge in [0.05, 0.1) is 11.6 Å². The average Bonchev–Trinajstić information content (AvgIpc) is 3.07. The molecule has 4 rings (SSSR count). The van der Waals surface area contributed by atoms with Crippen LogP contribution in [-0.4, -0.2) is 66.5 Å². The highest BCUT2D eigenvalue weighted by molar-refractivity contribution is 7.98. The van der Waals surface area contributed by atoms with Gasteiger partial charge in [0.15, 0.2) is 0 Å². The number of likely N-dealkylation sites (tertiary alicyclic amines) is 1. The largest absolute Gasteiger partial charge is 0.449 e. The Balaban J connectivity index is 1.56. The van der Waals surface area contributed by atoms with E-state index in [1.807, 2.05) is 25.6 Å². The monoisotopic (exact) mass is 401 g/mol. The number of piperidine rings is 1. The molecule has 1 aromatic heterocycles. The van der Waals surface area contributed by atoms with Crippen molar-refractivity contribution in [1.82, 2.24) is 14.8 Å². The highest BCUT2D eigenvalue weighted by Crippen LogP contribution is 2.46. The maximum absolute atomic E-state index is 12.2. The first kappa shape index (κ1) is 19.6. The van der Waals surface area contributed by atoms with E-state index in [2.05, 4.69) is 41.4 Å². The number of ether oxygens (including phenoxy) is 1. The third-order valence-corrected chi connectivity index (χ3v) is 7.32. The fourth-order valence-electron chi connectivity index (χ4n) is 5.17. The Morgan fingerprint density at radius 3 is 2.86 bits per heavy atom. The van der Waals surface area contributed by atoms with Gasteiger partial charge in [-0.25, -0.2) is 4.79 Å². The number of hydrogen-bond donors (Lipinski definition) is 1. The first-order valence-corrected chi connectivity index (χ1v) is 11.6. The van der Waals surface area contributed by atoms with Crippen LogP contribution >= 0.6 is 11.8 Å². The number of likely N-dealkylation sites (N-methyl/N-ethyl adjacent to an activating group) is 1. The van der Waals surface area contributed by atoms with Crippen LogP contribution < -0.4 is 0 Å². The van der Waals surface area contributed by atoms with Gasteiger partial charge in [-0.15, -0.1) is 11.8 Å². The number of amides is 1.